The van der Waals surface area contributed by atoms with Crippen molar-refractivity contribution in [1.82, 2.24) is 9.55 Å². The Morgan fingerprint density at radius 1 is 1.06 bits per heavy atom. The third-order valence-electron chi connectivity index (χ3n) is 6.06. The minimum Gasteiger partial charge on any atom is -0.366 e. The van der Waals surface area contributed by atoms with Crippen LogP contribution in [0.15, 0.2) is 65.6 Å². The molecule has 0 saturated heterocycles. The molecule has 36 heavy (non-hydrogen) atoms. The molecule has 0 unspecified atom stereocenters. The van der Waals surface area contributed by atoms with Gasteiger partial charge in [0.25, 0.3) is 5.91 Å². The molecule has 0 atom stereocenters. The summed E-state index contributed by atoms with van der Waals surface area (Å²) >= 11 is 0. The standard InChI is InChI=1S/C26H26F2N4O3S/c1-26(2,28)20-6-4-3-5-17(20)15-32-23-14-21(27)19(25(29)33)13-22(23)31-24(32)12-9-16-7-10-18(11-8-16)36(30,34)35/h3-8,10-11,13-14H,9,12,15H2,1-2H3,(H2,29,33)(H2,30,34,35). The molecule has 10 heteroatoms. The van der Waals surface area contributed by atoms with E-state index < -0.39 is 27.4 Å². The lowest BCUT2D eigenvalue weighted by atomic mass is 9.94. The molecule has 0 aliphatic heterocycles. The number of benzene rings is 3. The van der Waals surface area contributed by atoms with Crippen molar-refractivity contribution >= 4 is 27.0 Å². The van der Waals surface area contributed by atoms with Crippen LogP contribution in [-0.2, 0) is 35.1 Å². The predicted octanol–water partition coefficient (Wildman–Crippen LogP) is 3.96. The summed E-state index contributed by atoms with van der Waals surface area (Å²) in [5.74, 6) is -1.07. The number of alkyl halides is 1. The lowest BCUT2D eigenvalue weighted by Crippen LogP contribution is -2.16. The highest BCUT2D eigenvalue weighted by molar-refractivity contribution is 7.89. The second-order valence-electron chi connectivity index (χ2n) is 9.12. The Kier molecular flexibility index (Phi) is 6.68. The van der Waals surface area contributed by atoms with E-state index in [0.717, 1.165) is 5.56 Å². The smallest absolute Gasteiger partial charge is 0.251 e. The van der Waals surface area contributed by atoms with Gasteiger partial charge in [-0.1, -0.05) is 36.4 Å². The summed E-state index contributed by atoms with van der Waals surface area (Å²) in [6, 6.07) is 15.8. The molecular weight excluding hydrogens is 486 g/mol. The molecule has 0 radical (unpaired) electrons. The predicted molar refractivity (Wildman–Crippen MR) is 133 cm³/mol. The number of fused-ring (bicyclic) bond motifs is 1. The molecule has 0 aliphatic rings. The maximum absolute atomic E-state index is 14.9. The Morgan fingerprint density at radius 2 is 1.72 bits per heavy atom. The van der Waals surface area contributed by atoms with Crippen molar-refractivity contribution in [3.8, 4) is 0 Å². The largest absolute Gasteiger partial charge is 0.366 e. The zero-order chi connectivity index (χ0) is 26.3. The van der Waals surface area contributed by atoms with E-state index >= 15 is 0 Å². The number of primary amides is 1. The van der Waals surface area contributed by atoms with Gasteiger partial charge < -0.3 is 10.3 Å². The van der Waals surface area contributed by atoms with Gasteiger partial charge in [0, 0.05) is 19.0 Å². The van der Waals surface area contributed by atoms with Crippen molar-refractivity contribution in [2.75, 3.05) is 0 Å². The van der Waals surface area contributed by atoms with Crippen LogP contribution in [0.4, 0.5) is 8.78 Å². The number of imidazole rings is 1. The summed E-state index contributed by atoms with van der Waals surface area (Å²) in [5.41, 5.74) is 6.35. The number of amides is 1. The lowest BCUT2D eigenvalue weighted by molar-refractivity contribution is 0.0996. The van der Waals surface area contributed by atoms with Crippen LogP contribution in [0.1, 0.15) is 46.7 Å². The Hall–Kier alpha value is -3.63. The average Bonchev–Trinajstić information content (AvgIpc) is 3.12. The van der Waals surface area contributed by atoms with Crippen molar-refractivity contribution in [2.45, 2.75) is 43.8 Å². The molecule has 1 aromatic heterocycles. The number of aromatic nitrogens is 2. The van der Waals surface area contributed by atoms with Gasteiger partial charge in [-0.15, -0.1) is 0 Å². The molecule has 4 aromatic rings. The normalized spacial score (nSPS) is 12.2. The summed E-state index contributed by atoms with van der Waals surface area (Å²) in [6.07, 6.45) is 0.910. The number of primary sulfonamides is 1. The maximum Gasteiger partial charge on any atom is 0.251 e. The molecule has 1 heterocycles. The first-order valence-corrected chi connectivity index (χ1v) is 12.8. The summed E-state index contributed by atoms with van der Waals surface area (Å²) in [5, 5.41) is 5.17. The van der Waals surface area contributed by atoms with Crippen LogP contribution in [0, 0.1) is 5.82 Å². The van der Waals surface area contributed by atoms with Gasteiger partial charge in [-0.25, -0.2) is 27.3 Å². The molecule has 0 bridgehead atoms. The van der Waals surface area contributed by atoms with E-state index in [0.29, 0.717) is 40.8 Å². The van der Waals surface area contributed by atoms with E-state index in [9.17, 15) is 22.0 Å². The number of sulfonamides is 1. The first-order chi connectivity index (χ1) is 16.8. The third-order valence-corrected chi connectivity index (χ3v) is 6.99. The zero-order valence-corrected chi connectivity index (χ0v) is 20.6. The summed E-state index contributed by atoms with van der Waals surface area (Å²) in [6.45, 7) is 3.18. The van der Waals surface area contributed by atoms with Crippen molar-refractivity contribution in [3.63, 3.8) is 0 Å². The quantitative estimate of drug-likeness (QED) is 0.371. The van der Waals surface area contributed by atoms with Gasteiger partial charge in [0.2, 0.25) is 10.0 Å². The van der Waals surface area contributed by atoms with Gasteiger partial charge in [0.15, 0.2) is 0 Å². The van der Waals surface area contributed by atoms with Gasteiger partial charge in [-0.05, 0) is 55.2 Å². The Bertz CT molecular complexity index is 1560. The van der Waals surface area contributed by atoms with Gasteiger partial charge in [-0.2, -0.15) is 0 Å². The van der Waals surface area contributed by atoms with E-state index in [1.54, 1.807) is 28.8 Å². The number of carbonyl (C=O) groups excluding carboxylic acids is 1. The monoisotopic (exact) mass is 512 g/mol. The first-order valence-electron chi connectivity index (χ1n) is 11.2. The molecule has 3 aromatic carbocycles. The van der Waals surface area contributed by atoms with Gasteiger partial charge in [-0.3, -0.25) is 4.79 Å². The van der Waals surface area contributed by atoms with Crippen LogP contribution >= 0.6 is 0 Å². The minimum atomic E-state index is -3.80. The maximum atomic E-state index is 14.9. The van der Waals surface area contributed by atoms with E-state index in [1.807, 2.05) is 12.1 Å². The highest BCUT2D eigenvalue weighted by Crippen LogP contribution is 2.30. The molecule has 0 spiro atoms. The van der Waals surface area contributed by atoms with Crippen LogP contribution in [0.2, 0.25) is 0 Å². The summed E-state index contributed by atoms with van der Waals surface area (Å²) in [7, 11) is -3.80. The molecule has 0 saturated carbocycles. The highest BCUT2D eigenvalue weighted by Gasteiger charge is 2.24. The molecule has 1 amide bonds. The van der Waals surface area contributed by atoms with Crippen molar-refractivity contribution in [3.05, 3.63) is 94.6 Å². The van der Waals surface area contributed by atoms with E-state index in [-0.39, 0.29) is 17.0 Å². The van der Waals surface area contributed by atoms with Crippen molar-refractivity contribution in [1.29, 1.82) is 0 Å². The lowest BCUT2D eigenvalue weighted by Gasteiger charge is -2.20. The summed E-state index contributed by atoms with van der Waals surface area (Å²) in [4.78, 5) is 16.3. The minimum absolute atomic E-state index is 0.0124. The van der Waals surface area contributed by atoms with E-state index in [4.69, 9.17) is 10.9 Å². The van der Waals surface area contributed by atoms with E-state index in [2.05, 4.69) is 4.98 Å². The molecule has 4 N–H and O–H groups in total. The average molecular weight is 513 g/mol. The zero-order valence-electron chi connectivity index (χ0n) is 19.8. The van der Waals surface area contributed by atoms with Crippen molar-refractivity contribution < 1.29 is 22.0 Å². The molecular formula is C26H26F2N4O3S. The Morgan fingerprint density at radius 3 is 2.33 bits per heavy atom. The van der Waals surface area contributed by atoms with Crippen LogP contribution in [0.3, 0.4) is 0 Å². The Balaban J connectivity index is 1.76. The number of hydrogen-bond acceptors (Lipinski definition) is 4. The SMILES string of the molecule is CC(C)(F)c1ccccc1Cn1c(CCc2ccc(S(N)(=O)=O)cc2)nc2cc(C(N)=O)c(F)cc21. The second-order valence-corrected chi connectivity index (χ2v) is 10.7. The second kappa shape index (κ2) is 9.44. The third kappa shape index (κ3) is 5.29. The number of aryl methyl sites for hydroxylation is 2. The van der Waals surface area contributed by atoms with Crippen LogP contribution in [-0.4, -0.2) is 23.9 Å². The van der Waals surface area contributed by atoms with Gasteiger partial charge in [0.05, 0.1) is 21.5 Å². The van der Waals surface area contributed by atoms with Crippen LogP contribution in [0.5, 0.6) is 0 Å². The van der Waals surface area contributed by atoms with Gasteiger partial charge >= 0.3 is 0 Å². The molecule has 0 fully saturated rings. The fourth-order valence-electron chi connectivity index (χ4n) is 4.26. The van der Waals surface area contributed by atoms with E-state index in [1.165, 1.54) is 38.1 Å². The van der Waals surface area contributed by atoms with Crippen LogP contribution < -0.4 is 10.9 Å². The molecule has 4 rings (SSSR count). The molecule has 0 aliphatic carbocycles. The number of hydrogen-bond donors (Lipinski definition) is 2. The highest BCUT2D eigenvalue weighted by atomic mass is 32.2. The van der Waals surface area contributed by atoms with Crippen LogP contribution in [0.25, 0.3) is 11.0 Å². The fourth-order valence-corrected chi connectivity index (χ4v) is 4.78. The molecule has 7 nitrogen and oxygen atoms in total. The number of nitrogens with zero attached hydrogens (tertiary/aromatic N) is 2. The molecule has 188 valence electrons. The fraction of sp³-hybridized carbons (Fsp3) is 0.231. The summed E-state index contributed by atoms with van der Waals surface area (Å²) < 4.78 is 54.4. The number of carbonyl (C=O) groups is 1. The number of nitrogens with two attached hydrogens (primary N) is 2. The number of rotatable bonds is 8. The number of halogens is 2. The van der Waals surface area contributed by atoms with Crippen molar-refractivity contribution in [2.24, 2.45) is 10.9 Å². The Labute approximate surface area is 207 Å². The van der Waals surface area contributed by atoms with Gasteiger partial charge in [0.1, 0.15) is 17.3 Å². The first kappa shape index (κ1) is 25.5. The topological polar surface area (TPSA) is 121 Å².